The summed E-state index contributed by atoms with van der Waals surface area (Å²) < 4.78 is 46.3. The highest BCUT2D eigenvalue weighted by atomic mass is 35.5. The fourth-order valence-corrected chi connectivity index (χ4v) is 6.92. The Kier molecular flexibility index (Phi) is 8.31. The van der Waals surface area contributed by atoms with Gasteiger partial charge >= 0.3 is 7.60 Å². The predicted molar refractivity (Wildman–Crippen MR) is 140 cm³/mol. The van der Waals surface area contributed by atoms with Gasteiger partial charge in [0.25, 0.3) is 10.0 Å². The van der Waals surface area contributed by atoms with Crippen molar-refractivity contribution in [3.8, 4) is 11.7 Å². The fraction of sp³-hybridized carbons (Fsp3) is 0.182. The molecule has 1 atom stereocenters. The van der Waals surface area contributed by atoms with E-state index in [9.17, 15) is 27.9 Å². The molecule has 12 nitrogen and oxygen atoms in total. The molecule has 2 aromatic heterocycles. The molecule has 0 radical (unpaired) electrons. The quantitative estimate of drug-likeness (QED) is 0.197. The molecule has 16 heteroatoms. The van der Waals surface area contributed by atoms with Gasteiger partial charge < -0.3 is 24.7 Å². The van der Waals surface area contributed by atoms with Crippen molar-refractivity contribution in [1.82, 2.24) is 14.8 Å². The highest BCUT2D eigenvalue weighted by molar-refractivity contribution is 7.93. The van der Waals surface area contributed by atoms with Crippen molar-refractivity contribution < 1.29 is 37.7 Å². The van der Waals surface area contributed by atoms with Crippen LogP contribution >= 0.6 is 30.8 Å². The lowest BCUT2D eigenvalue weighted by Gasteiger charge is -2.25. The van der Waals surface area contributed by atoms with Gasteiger partial charge in [0.2, 0.25) is 5.88 Å². The normalized spacial score (nSPS) is 13.0. The maximum atomic E-state index is 13.4. The van der Waals surface area contributed by atoms with E-state index in [1.807, 2.05) is 0 Å². The average molecular weight is 603 g/mol. The van der Waals surface area contributed by atoms with Crippen LogP contribution in [0.4, 0.5) is 5.69 Å². The van der Waals surface area contributed by atoms with Crippen LogP contribution in [0.5, 0.6) is 5.88 Å². The SMILES string of the molecule is O=P(O)(O)CN(c1ccc2c(ccn2-c2ccc(OCC(O)CO)nn2)c1)S(=O)(=O)c1cc(Cl)cc(Cl)c1. The highest BCUT2D eigenvalue weighted by Crippen LogP contribution is 2.40. The Morgan fingerprint density at radius 3 is 2.34 bits per heavy atom. The highest BCUT2D eigenvalue weighted by Gasteiger charge is 2.32. The maximum absolute atomic E-state index is 13.4. The van der Waals surface area contributed by atoms with Crippen molar-refractivity contribution in [2.24, 2.45) is 0 Å². The summed E-state index contributed by atoms with van der Waals surface area (Å²) in [6.45, 7) is -0.613. The first-order valence-electron chi connectivity index (χ1n) is 10.8. The van der Waals surface area contributed by atoms with E-state index in [0.717, 1.165) is 12.1 Å². The molecule has 202 valence electrons. The van der Waals surface area contributed by atoms with Gasteiger partial charge in [0, 0.05) is 27.7 Å². The van der Waals surface area contributed by atoms with Crippen LogP contribution in [0.1, 0.15) is 0 Å². The second kappa shape index (κ2) is 11.2. The van der Waals surface area contributed by atoms with Crippen LogP contribution in [0.2, 0.25) is 10.0 Å². The number of hydrogen-bond acceptors (Lipinski definition) is 8. The first-order valence-corrected chi connectivity index (χ1v) is 14.8. The second-order valence-corrected chi connectivity index (χ2v) is 12.4. The molecule has 0 saturated carbocycles. The summed E-state index contributed by atoms with van der Waals surface area (Å²) in [5.41, 5.74) is 0.610. The van der Waals surface area contributed by atoms with E-state index in [-0.39, 0.29) is 33.1 Å². The molecule has 0 aliphatic carbocycles. The molecule has 4 N–H and O–H groups in total. The number of fused-ring (bicyclic) bond motifs is 1. The van der Waals surface area contributed by atoms with Gasteiger partial charge in [0.1, 0.15) is 19.0 Å². The summed E-state index contributed by atoms with van der Waals surface area (Å²) in [5, 5.41) is 26.9. The van der Waals surface area contributed by atoms with E-state index < -0.39 is 36.6 Å². The first kappa shape index (κ1) is 28.3. The minimum atomic E-state index is -4.83. The molecule has 4 rings (SSSR count). The van der Waals surface area contributed by atoms with E-state index >= 15 is 0 Å². The van der Waals surface area contributed by atoms with Crippen molar-refractivity contribution in [2.45, 2.75) is 11.0 Å². The number of halogens is 2. The largest absolute Gasteiger partial charge is 0.474 e. The Hall–Kier alpha value is -2.74. The lowest BCUT2D eigenvalue weighted by Crippen LogP contribution is -2.32. The summed E-state index contributed by atoms with van der Waals surface area (Å²) in [7, 11) is -9.30. The van der Waals surface area contributed by atoms with Gasteiger partial charge in [-0.15, -0.1) is 10.2 Å². The molecule has 0 spiro atoms. The summed E-state index contributed by atoms with van der Waals surface area (Å²) >= 11 is 11.9. The standard InChI is InChI=1S/C22H21Cl2N4O8PS/c23-15-8-16(24)10-19(9-15)38(34,35)28(13-37(31,32)33)17-1-2-20-14(7-17)5-6-27(20)21-3-4-22(26-25-21)36-12-18(30)11-29/h1-10,18,29-30H,11-13H2,(H2,31,32,33). The van der Waals surface area contributed by atoms with Gasteiger partial charge in [0.05, 0.1) is 22.7 Å². The molecule has 0 aliphatic rings. The van der Waals surface area contributed by atoms with E-state index in [0.29, 0.717) is 21.0 Å². The molecule has 0 fully saturated rings. The summed E-state index contributed by atoms with van der Waals surface area (Å²) in [6.07, 6.45) is -0.500. The molecule has 4 aromatic rings. The average Bonchev–Trinajstić information content (AvgIpc) is 3.28. The maximum Gasteiger partial charge on any atom is 0.345 e. The van der Waals surface area contributed by atoms with Crippen molar-refractivity contribution in [3.63, 3.8) is 0 Å². The topological polar surface area (TPSA) is 175 Å². The molecule has 0 bridgehead atoms. The number of ether oxygens (including phenoxy) is 1. The number of anilines is 1. The van der Waals surface area contributed by atoms with Crippen LogP contribution in [-0.2, 0) is 14.6 Å². The molecular formula is C22H21Cl2N4O8PS. The number of hydrogen-bond donors (Lipinski definition) is 4. The number of rotatable bonds is 10. The Morgan fingerprint density at radius 2 is 1.74 bits per heavy atom. The molecule has 1 unspecified atom stereocenters. The molecular weight excluding hydrogens is 582 g/mol. The van der Waals surface area contributed by atoms with Crippen LogP contribution in [0.15, 0.2) is 65.7 Å². The van der Waals surface area contributed by atoms with Crippen molar-refractivity contribution in [3.05, 3.63) is 70.8 Å². The van der Waals surface area contributed by atoms with E-state index in [1.54, 1.807) is 29.0 Å². The zero-order valence-corrected chi connectivity index (χ0v) is 22.5. The number of aliphatic hydroxyl groups is 2. The van der Waals surface area contributed by atoms with E-state index in [1.165, 1.54) is 24.3 Å². The monoisotopic (exact) mass is 602 g/mol. The van der Waals surface area contributed by atoms with Gasteiger partial charge in [0.15, 0.2) is 5.82 Å². The summed E-state index contributed by atoms with van der Waals surface area (Å²) in [6, 6.07) is 12.9. The van der Waals surface area contributed by atoms with Crippen LogP contribution in [-0.4, -0.2) is 68.8 Å². The van der Waals surface area contributed by atoms with Gasteiger partial charge in [-0.1, -0.05) is 23.2 Å². The number of benzene rings is 2. The lowest BCUT2D eigenvalue weighted by molar-refractivity contribution is 0.0518. The van der Waals surface area contributed by atoms with E-state index in [4.69, 9.17) is 33.0 Å². The number of aliphatic hydroxyl groups excluding tert-OH is 2. The minimum Gasteiger partial charge on any atom is -0.474 e. The number of sulfonamides is 1. The Morgan fingerprint density at radius 1 is 1.03 bits per heavy atom. The first-order chi connectivity index (χ1) is 17.9. The second-order valence-electron chi connectivity index (χ2n) is 8.07. The van der Waals surface area contributed by atoms with Crippen LogP contribution < -0.4 is 9.04 Å². The molecule has 0 amide bonds. The molecule has 0 saturated heterocycles. The summed E-state index contributed by atoms with van der Waals surface area (Å²) in [5.74, 6) is 0.537. The van der Waals surface area contributed by atoms with Gasteiger partial charge in [-0.3, -0.25) is 13.4 Å². The van der Waals surface area contributed by atoms with Crippen molar-refractivity contribution in [2.75, 3.05) is 23.8 Å². The number of aromatic nitrogens is 3. The minimum absolute atomic E-state index is 0.00643. The Labute approximate surface area is 226 Å². The third kappa shape index (κ3) is 6.45. The zero-order chi connectivity index (χ0) is 27.7. The summed E-state index contributed by atoms with van der Waals surface area (Å²) in [4.78, 5) is 18.9. The predicted octanol–water partition coefficient (Wildman–Crippen LogP) is 2.79. The fourth-order valence-electron chi connectivity index (χ4n) is 3.51. The molecule has 0 aliphatic heterocycles. The van der Waals surface area contributed by atoms with Crippen molar-refractivity contribution in [1.29, 1.82) is 0 Å². The number of nitrogens with zero attached hydrogens (tertiary/aromatic N) is 4. The van der Waals surface area contributed by atoms with E-state index in [2.05, 4.69) is 10.2 Å². The smallest absolute Gasteiger partial charge is 0.345 e. The molecule has 2 aromatic carbocycles. The third-order valence-corrected chi connectivity index (χ3v) is 8.24. The Balaban J connectivity index is 1.69. The van der Waals surface area contributed by atoms with Crippen LogP contribution in [0, 0.1) is 0 Å². The molecule has 2 heterocycles. The van der Waals surface area contributed by atoms with Gasteiger partial charge in [-0.25, -0.2) is 8.42 Å². The van der Waals surface area contributed by atoms with Crippen LogP contribution in [0.25, 0.3) is 16.7 Å². The molecule has 38 heavy (non-hydrogen) atoms. The lowest BCUT2D eigenvalue weighted by atomic mass is 10.2. The third-order valence-electron chi connectivity index (χ3n) is 5.21. The Bertz CT molecular complexity index is 1590. The van der Waals surface area contributed by atoms with Gasteiger partial charge in [-0.2, -0.15) is 0 Å². The zero-order valence-electron chi connectivity index (χ0n) is 19.3. The van der Waals surface area contributed by atoms with Gasteiger partial charge in [-0.05, 0) is 48.5 Å². The van der Waals surface area contributed by atoms with Crippen LogP contribution in [0.3, 0.4) is 0 Å². The van der Waals surface area contributed by atoms with Crippen molar-refractivity contribution >= 4 is 57.4 Å².